The van der Waals surface area contributed by atoms with E-state index in [9.17, 15) is 0 Å². The van der Waals surface area contributed by atoms with E-state index in [1.54, 1.807) is 0 Å². The van der Waals surface area contributed by atoms with E-state index < -0.39 is 8.07 Å². The largest absolute Gasteiger partial charge is 0.536 e. The van der Waals surface area contributed by atoms with Crippen LogP contribution in [-0.2, 0) is 5.41 Å². The van der Waals surface area contributed by atoms with Crippen molar-refractivity contribution >= 4 is 53.5 Å². The number of para-hydroxylation sites is 2. The van der Waals surface area contributed by atoms with Crippen molar-refractivity contribution in [3.63, 3.8) is 0 Å². The molecule has 0 fully saturated rings. The monoisotopic (exact) mass is 696 g/mol. The number of benzene rings is 5. The van der Waals surface area contributed by atoms with Crippen LogP contribution in [0.1, 0.15) is 37.5 Å². The van der Waals surface area contributed by atoms with Crippen LogP contribution in [0.3, 0.4) is 0 Å². The van der Waals surface area contributed by atoms with Gasteiger partial charge in [0.05, 0.1) is 28.1 Å². The van der Waals surface area contributed by atoms with Crippen LogP contribution >= 0.6 is 0 Å². The van der Waals surface area contributed by atoms with Gasteiger partial charge in [-0.05, 0) is 89.2 Å². The van der Waals surface area contributed by atoms with Crippen LogP contribution < -0.4 is 34.6 Å². The second-order valence-electron chi connectivity index (χ2n) is 15.6. The number of nitrogens with zero attached hydrogens (tertiary/aromatic N) is 4. The Hall–Kier alpha value is -5.60. The average Bonchev–Trinajstić information content (AvgIpc) is 3.70. The number of rotatable bonds is 5. The van der Waals surface area contributed by atoms with E-state index in [4.69, 9.17) is 14.4 Å². The molecule has 0 radical (unpaired) electrons. The highest BCUT2D eigenvalue weighted by Gasteiger charge is 2.43. The lowest BCUT2D eigenvalue weighted by Gasteiger charge is -2.32. The molecule has 0 atom stereocenters. The molecule has 52 heavy (non-hydrogen) atoms. The summed E-state index contributed by atoms with van der Waals surface area (Å²) in [5.41, 5.74) is 10.2. The molecule has 0 spiro atoms. The van der Waals surface area contributed by atoms with E-state index in [1.807, 2.05) is 18.3 Å². The molecule has 9 rings (SSSR count). The Morgan fingerprint density at radius 3 is 2.23 bits per heavy atom. The highest BCUT2D eigenvalue weighted by atomic mass is 28.3. The van der Waals surface area contributed by atoms with E-state index >= 15 is 0 Å². The standard InChI is InChI=1S/C44H41BN4O2Si/c1-29-13-11-14-30(2)42(29)45-49(41-25-31(23-24-46-41)44(3,4)5)36-26-33(19-21-38(36)51-45)50-34-20-22-39-37(27-34)48-28-47(32-15-9-8-10-16-32)35-17-12-18-40(43(35)48)52(39,6)7/h8-27H,1-7H3. The molecule has 7 aromatic rings. The molecular formula is C44H41BN4O2Si. The fourth-order valence-corrected chi connectivity index (χ4v) is 10.9. The third kappa shape index (κ3) is 5.07. The normalized spacial score (nSPS) is 14.3. The van der Waals surface area contributed by atoms with Gasteiger partial charge < -0.3 is 14.2 Å². The maximum absolute atomic E-state index is 6.78. The van der Waals surface area contributed by atoms with Crippen molar-refractivity contribution in [2.24, 2.45) is 0 Å². The number of aromatic nitrogens is 3. The van der Waals surface area contributed by atoms with Crippen LogP contribution in [0.2, 0.25) is 13.1 Å². The van der Waals surface area contributed by atoms with E-state index in [-0.39, 0.29) is 12.5 Å². The summed E-state index contributed by atoms with van der Waals surface area (Å²) in [6.07, 6.45) is 5.61. The molecule has 0 N–H and O–H groups in total. The van der Waals surface area contributed by atoms with Crippen molar-refractivity contribution in [2.75, 3.05) is 4.81 Å². The van der Waals surface area contributed by atoms with Crippen molar-refractivity contribution < 1.29 is 14.0 Å². The molecule has 6 nitrogen and oxygen atoms in total. The number of anilines is 2. The summed E-state index contributed by atoms with van der Waals surface area (Å²) in [7, 11) is -2.40. The lowest BCUT2D eigenvalue weighted by molar-refractivity contribution is -0.572. The molecule has 2 aromatic heterocycles. The summed E-state index contributed by atoms with van der Waals surface area (Å²) < 4.78 is 17.9. The Bertz CT molecular complexity index is 2520. The van der Waals surface area contributed by atoms with Gasteiger partial charge in [-0.3, -0.25) is 9.13 Å². The molecule has 0 bridgehead atoms. The second kappa shape index (κ2) is 11.7. The lowest BCUT2D eigenvalue weighted by Crippen LogP contribution is -2.57. The van der Waals surface area contributed by atoms with Gasteiger partial charge in [-0.25, -0.2) is 4.98 Å². The van der Waals surface area contributed by atoms with E-state index in [2.05, 4.69) is 171 Å². The van der Waals surface area contributed by atoms with E-state index in [1.165, 1.54) is 32.6 Å². The summed E-state index contributed by atoms with van der Waals surface area (Å²) in [6, 6.07) is 40.5. The number of pyridine rings is 1. The fraction of sp³-hybridized carbons (Fsp3) is 0.182. The van der Waals surface area contributed by atoms with Crippen LogP contribution in [0.4, 0.5) is 11.5 Å². The predicted octanol–water partition coefficient (Wildman–Crippen LogP) is 7.87. The molecule has 2 aliphatic heterocycles. The maximum atomic E-state index is 6.78. The molecule has 0 saturated heterocycles. The third-order valence-corrected chi connectivity index (χ3v) is 14.3. The average molecular weight is 697 g/mol. The molecule has 0 aliphatic carbocycles. The minimum Gasteiger partial charge on any atom is -0.536 e. The zero-order chi connectivity index (χ0) is 35.9. The predicted molar refractivity (Wildman–Crippen MR) is 214 cm³/mol. The minimum absolute atomic E-state index is 0.0341. The second-order valence-corrected chi connectivity index (χ2v) is 19.9. The van der Waals surface area contributed by atoms with Crippen LogP contribution in [0.25, 0.3) is 22.4 Å². The van der Waals surface area contributed by atoms with Crippen molar-refractivity contribution in [1.29, 1.82) is 0 Å². The van der Waals surface area contributed by atoms with Gasteiger partial charge in [0, 0.05) is 12.3 Å². The number of hydrogen-bond acceptors (Lipinski definition) is 4. The molecule has 256 valence electrons. The molecule has 2 aliphatic rings. The number of ether oxygens (including phenoxy) is 1. The molecule has 0 amide bonds. The van der Waals surface area contributed by atoms with Gasteiger partial charge in [-0.2, -0.15) is 0 Å². The highest BCUT2D eigenvalue weighted by Crippen LogP contribution is 2.44. The molecule has 5 aromatic carbocycles. The van der Waals surface area contributed by atoms with Gasteiger partial charge in [-0.15, -0.1) is 0 Å². The number of imidazole rings is 1. The van der Waals surface area contributed by atoms with Crippen LogP contribution in [0.5, 0.6) is 17.2 Å². The lowest BCUT2D eigenvalue weighted by atomic mass is 9.67. The van der Waals surface area contributed by atoms with Gasteiger partial charge in [-0.1, -0.05) is 106 Å². The fourth-order valence-electron chi connectivity index (χ4n) is 7.99. The summed E-state index contributed by atoms with van der Waals surface area (Å²) in [5, 5.41) is 2.78. The summed E-state index contributed by atoms with van der Waals surface area (Å²) in [5.74, 6) is 3.14. The maximum Gasteiger partial charge on any atom is 0.526 e. The Labute approximate surface area is 307 Å². The van der Waals surface area contributed by atoms with Gasteiger partial charge >= 0.3 is 7.05 Å². The SMILES string of the molecule is Cc1cccc(C)c1B1Oc2ccc(Oc3ccc4c(c3)-n3[c-][n+](-c5ccccc5)c5cccc(c53)[Si]4(C)C)cc2N1c1cc(C(C)(C)C)ccn1. The van der Waals surface area contributed by atoms with Crippen LogP contribution in [0.15, 0.2) is 121 Å². The van der Waals surface area contributed by atoms with Crippen LogP contribution in [-0.4, -0.2) is 24.7 Å². The molecule has 0 saturated carbocycles. The first-order chi connectivity index (χ1) is 25.0. The first-order valence-electron chi connectivity index (χ1n) is 18.0. The topological polar surface area (TPSA) is 43.4 Å². The zero-order valence-corrected chi connectivity index (χ0v) is 31.7. The van der Waals surface area contributed by atoms with Crippen molar-refractivity contribution in [2.45, 2.75) is 53.1 Å². The van der Waals surface area contributed by atoms with Gasteiger partial charge in [0.2, 0.25) is 0 Å². The van der Waals surface area contributed by atoms with Gasteiger partial charge in [0.15, 0.2) is 0 Å². The Morgan fingerprint density at radius 2 is 1.48 bits per heavy atom. The first kappa shape index (κ1) is 32.3. The smallest absolute Gasteiger partial charge is 0.526 e. The molecule has 4 heterocycles. The van der Waals surface area contributed by atoms with E-state index in [0.717, 1.165) is 51.1 Å². The Kier molecular flexibility index (Phi) is 7.28. The Balaban J connectivity index is 1.14. The van der Waals surface area contributed by atoms with Crippen molar-refractivity contribution in [3.8, 4) is 28.6 Å². The first-order valence-corrected chi connectivity index (χ1v) is 21.0. The summed E-state index contributed by atoms with van der Waals surface area (Å²) in [4.78, 5) is 7.13. The van der Waals surface area contributed by atoms with Gasteiger partial charge in [0.1, 0.15) is 31.1 Å². The van der Waals surface area contributed by atoms with Crippen molar-refractivity contribution in [3.05, 3.63) is 144 Å². The zero-order valence-electron chi connectivity index (χ0n) is 30.7. The van der Waals surface area contributed by atoms with Crippen LogP contribution in [0, 0.1) is 20.2 Å². The number of aryl methyl sites for hydroxylation is 2. The quantitative estimate of drug-likeness (QED) is 0.104. The molecule has 0 unspecified atom stereocenters. The van der Waals surface area contributed by atoms with E-state index in [0.29, 0.717) is 0 Å². The number of hydrogen-bond donors (Lipinski definition) is 0. The van der Waals surface area contributed by atoms with Crippen molar-refractivity contribution in [1.82, 2.24) is 9.55 Å². The molecule has 8 heteroatoms. The summed E-state index contributed by atoms with van der Waals surface area (Å²) >= 11 is 0. The van der Waals surface area contributed by atoms with Gasteiger partial charge in [0.25, 0.3) is 6.33 Å². The third-order valence-electron chi connectivity index (χ3n) is 10.8. The Morgan fingerprint density at radius 1 is 0.769 bits per heavy atom. The highest BCUT2D eigenvalue weighted by molar-refractivity contribution is 7.02. The minimum atomic E-state index is -2.03. The summed E-state index contributed by atoms with van der Waals surface area (Å²) in [6.45, 7) is 15.9. The number of fused-ring (bicyclic) bond motifs is 3. The molecular weight excluding hydrogens is 655 g/mol.